The third kappa shape index (κ3) is 4.21. The molecule has 0 fully saturated rings. The van der Waals surface area contributed by atoms with Crippen molar-refractivity contribution in [3.8, 4) is 22.5 Å². The SMILES string of the molecule is CC1(C)CCC(C)(C)c2cc(-c3cccc(-n4c5cc(-n6c7ccccc7c7ccccc76)ccc5c5c6ccccc6ccc54)c3)ccc21. The predicted molar refractivity (Wildman–Crippen MR) is 213 cm³/mol. The molecule has 1 aliphatic carbocycles. The summed E-state index contributed by atoms with van der Waals surface area (Å²) in [6.45, 7) is 9.64. The highest BCUT2D eigenvalue weighted by atomic mass is 15.0. The van der Waals surface area contributed by atoms with Crippen molar-refractivity contribution in [2.45, 2.75) is 51.4 Å². The molecule has 0 unspecified atom stereocenters. The highest BCUT2D eigenvalue weighted by molar-refractivity contribution is 6.21. The van der Waals surface area contributed by atoms with Crippen LogP contribution in [0.4, 0.5) is 0 Å². The second kappa shape index (κ2) is 10.5. The van der Waals surface area contributed by atoms with Crippen molar-refractivity contribution in [1.29, 1.82) is 0 Å². The van der Waals surface area contributed by atoms with Gasteiger partial charge in [0.05, 0.1) is 22.1 Å². The summed E-state index contributed by atoms with van der Waals surface area (Å²) in [6, 6.07) is 54.4. The van der Waals surface area contributed by atoms with Crippen molar-refractivity contribution in [2.75, 3.05) is 0 Å². The average Bonchev–Trinajstić information content (AvgIpc) is 3.66. The second-order valence-electron chi connectivity index (χ2n) is 15.7. The van der Waals surface area contributed by atoms with E-state index in [2.05, 4.69) is 182 Å². The molecule has 0 N–H and O–H groups in total. The molecular weight excluding hydrogens is 605 g/mol. The molecule has 2 aromatic heterocycles. The molecule has 0 aliphatic heterocycles. The van der Waals surface area contributed by atoms with Crippen LogP contribution in [0.5, 0.6) is 0 Å². The number of nitrogens with zero attached hydrogens (tertiary/aromatic N) is 2. The fourth-order valence-corrected chi connectivity index (χ4v) is 8.99. The lowest BCUT2D eigenvalue weighted by molar-refractivity contribution is 0.332. The van der Waals surface area contributed by atoms with E-state index in [0.717, 1.165) is 0 Å². The maximum atomic E-state index is 2.49. The summed E-state index contributed by atoms with van der Waals surface area (Å²) < 4.78 is 4.92. The maximum Gasteiger partial charge on any atom is 0.0562 e. The minimum atomic E-state index is 0.162. The molecule has 9 aromatic rings. The van der Waals surface area contributed by atoms with Gasteiger partial charge in [-0.2, -0.15) is 0 Å². The van der Waals surface area contributed by atoms with E-state index in [1.165, 1.54) is 101 Å². The molecule has 2 nitrogen and oxygen atoms in total. The Hall–Kier alpha value is -5.60. The Balaban J connectivity index is 1.24. The Bertz CT molecular complexity index is 2770. The van der Waals surface area contributed by atoms with Crippen molar-refractivity contribution in [2.24, 2.45) is 0 Å². The first-order valence-electron chi connectivity index (χ1n) is 18.0. The summed E-state index contributed by atoms with van der Waals surface area (Å²) in [7, 11) is 0. The van der Waals surface area contributed by atoms with E-state index < -0.39 is 0 Å². The summed E-state index contributed by atoms with van der Waals surface area (Å²) in [6.07, 6.45) is 2.43. The Morgan fingerprint density at radius 2 is 1.02 bits per heavy atom. The Morgan fingerprint density at radius 1 is 0.400 bits per heavy atom. The molecule has 0 amide bonds. The number of rotatable bonds is 3. The van der Waals surface area contributed by atoms with Crippen molar-refractivity contribution in [3.63, 3.8) is 0 Å². The van der Waals surface area contributed by atoms with Crippen LogP contribution in [-0.4, -0.2) is 9.13 Å². The van der Waals surface area contributed by atoms with E-state index in [9.17, 15) is 0 Å². The lowest BCUT2D eigenvalue weighted by Gasteiger charge is -2.42. The summed E-state index contributed by atoms with van der Waals surface area (Å²) in [4.78, 5) is 0. The predicted octanol–water partition coefficient (Wildman–Crippen LogP) is 13.0. The van der Waals surface area contributed by atoms with Crippen LogP contribution in [0.15, 0.2) is 146 Å². The van der Waals surface area contributed by atoms with Crippen LogP contribution in [0, 0.1) is 0 Å². The molecule has 242 valence electrons. The van der Waals surface area contributed by atoms with Gasteiger partial charge in [0.1, 0.15) is 0 Å². The van der Waals surface area contributed by atoms with Crippen LogP contribution < -0.4 is 0 Å². The molecule has 0 bridgehead atoms. The number of aromatic nitrogens is 2. The normalized spacial score (nSPS) is 15.4. The standard InChI is InChI=1S/C48H40N2/c1-47(2)26-27-48(3,4)41-29-33(20-24-40(41)47)32-13-11-14-34(28-32)50-44-25-21-31-12-5-6-15-36(31)46(44)39-23-22-35(30-45(39)50)49-42-18-9-7-16-37(42)38-17-8-10-19-43(38)49/h5-25,28-30H,26-27H2,1-4H3. The van der Waals surface area contributed by atoms with Crippen molar-refractivity contribution < 1.29 is 0 Å². The first-order valence-corrected chi connectivity index (χ1v) is 18.0. The van der Waals surface area contributed by atoms with Gasteiger partial charge in [0, 0.05) is 32.9 Å². The first kappa shape index (κ1) is 29.3. The summed E-state index contributed by atoms with van der Waals surface area (Å²) in [5, 5.41) is 7.67. The van der Waals surface area contributed by atoms with E-state index in [4.69, 9.17) is 0 Å². The molecule has 7 aromatic carbocycles. The fourth-order valence-electron chi connectivity index (χ4n) is 8.99. The Morgan fingerprint density at radius 3 is 1.78 bits per heavy atom. The first-order chi connectivity index (χ1) is 24.3. The van der Waals surface area contributed by atoms with Gasteiger partial charge in [-0.15, -0.1) is 0 Å². The van der Waals surface area contributed by atoms with Crippen LogP contribution in [0.3, 0.4) is 0 Å². The van der Waals surface area contributed by atoms with Gasteiger partial charge in [0.15, 0.2) is 0 Å². The Labute approximate surface area is 293 Å². The fraction of sp³-hybridized carbons (Fsp3) is 0.167. The number of benzene rings is 7. The summed E-state index contributed by atoms with van der Waals surface area (Å²) >= 11 is 0. The van der Waals surface area contributed by atoms with E-state index in [-0.39, 0.29) is 10.8 Å². The van der Waals surface area contributed by atoms with Crippen LogP contribution in [-0.2, 0) is 10.8 Å². The topological polar surface area (TPSA) is 9.86 Å². The van der Waals surface area contributed by atoms with E-state index in [1.54, 1.807) is 0 Å². The molecule has 0 saturated carbocycles. The van der Waals surface area contributed by atoms with Gasteiger partial charge >= 0.3 is 0 Å². The molecule has 0 saturated heterocycles. The van der Waals surface area contributed by atoms with Gasteiger partial charge in [-0.05, 0) is 99.2 Å². The summed E-state index contributed by atoms with van der Waals surface area (Å²) in [5.74, 6) is 0. The lowest BCUT2D eigenvalue weighted by atomic mass is 9.63. The zero-order valence-electron chi connectivity index (χ0n) is 29.2. The smallest absolute Gasteiger partial charge is 0.0562 e. The van der Waals surface area contributed by atoms with E-state index in [1.807, 2.05) is 0 Å². The number of fused-ring (bicyclic) bond motifs is 9. The van der Waals surface area contributed by atoms with Crippen LogP contribution in [0.1, 0.15) is 51.7 Å². The molecule has 2 heterocycles. The van der Waals surface area contributed by atoms with Crippen molar-refractivity contribution in [1.82, 2.24) is 9.13 Å². The number of para-hydroxylation sites is 2. The summed E-state index contributed by atoms with van der Waals surface area (Å²) in [5.41, 5.74) is 13.1. The van der Waals surface area contributed by atoms with Crippen LogP contribution in [0.25, 0.3) is 76.9 Å². The minimum absolute atomic E-state index is 0.162. The van der Waals surface area contributed by atoms with Crippen molar-refractivity contribution >= 4 is 54.4 Å². The molecule has 0 atom stereocenters. The van der Waals surface area contributed by atoms with Crippen LogP contribution >= 0.6 is 0 Å². The molecule has 0 radical (unpaired) electrons. The molecule has 1 aliphatic rings. The maximum absolute atomic E-state index is 2.49. The second-order valence-corrected chi connectivity index (χ2v) is 15.7. The quantitative estimate of drug-likeness (QED) is 0.181. The van der Waals surface area contributed by atoms with E-state index in [0.29, 0.717) is 0 Å². The third-order valence-corrected chi connectivity index (χ3v) is 11.8. The largest absolute Gasteiger partial charge is 0.309 e. The molecule has 2 heteroatoms. The zero-order chi connectivity index (χ0) is 33.8. The molecular formula is C48H40N2. The third-order valence-electron chi connectivity index (χ3n) is 11.8. The molecule has 10 rings (SSSR count). The number of hydrogen-bond donors (Lipinski definition) is 0. The van der Waals surface area contributed by atoms with Crippen molar-refractivity contribution in [3.05, 3.63) is 157 Å². The Kier molecular flexibility index (Phi) is 6.13. The van der Waals surface area contributed by atoms with Gasteiger partial charge in [0.2, 0.25) is 0 Å². The van der Waals surface area contributed by atoms with Gasteiger partial charge in [0.25, 0.3) is 0 Å². The van der Waals surface area contributed by atoms with Gasteiger partial charge in [-0.3, -0.25) is 0 Å². The molecule has 0 spiro atoms. The highest BCUT2D eigenvalue weighted by Crippen LogP contribution is 2.47. The van der Waals surface area contributed by atoms with Gasteiger partial charge in [-0.1, -0.05) is 131 Å². The van der Waals surface area contributed by atoms with Gasteiger partial charge < -0.3 is 9.13 Å². The monoisotopic (exact) mass is 644 g/mol. The zero-order valence-corrected chi connectivity index (χ0v) is 29.2. The lowest BCUT2D eigenvalue weighted by Crippen LogP contribution is -2.33. The van der Waals surface area contributed by atoms with Gasteiger partial charge in [-0.25, -0.2) is 0 Å². The highest BCUT2D eigenvalue weighted by Gasteiger charge is 2.37. The average molecular weight is 645 g/mol. The van der Waals surface area contributed by atoms with Crippen LogP contribution in [0.2, 0.25) is 0 Å². The minimum Gasteiger partial charge on any atom is -0.309 e. The molecule has 50 heavy (non-hydrogen) atoms. The number of hydrogen-bond acceptors (Lipinski definition) is 0. The van der Waals surface area contributed by atoms with E-state index >= 15 is 0 Å².